The number of rotatable bonds is 4. The first-order valence-electron chi connectivity index (χ1n) is 17.4. The summed E-state index contributed by atoms with van der Waals surface area (Å²) >= 11 is 0. The highest BCUT2D eigenvalue weighted by molar-refractivity contribution is 5.98. The number of aromatic hydroxyl groups is 1. The number of aromatic nitrogens is 4. The minimum atomic E-state index is -0.0739. The molecule has 5 nitrogen and oxygen atoms in total. The van der Waals surface area contributed by atoms with Crippen LogP contribution in [0.25, 0.3) is 61.3 Å². The smallest absolute Gasteiger partial charge is 0.145 e. The van der Waals surface area contributed by atoms with Crippen molar-refractivity contribution >= 4 is 21.9 Å². The van der Waals surface area contributed by atoms with Gasteiger partial charge in [0.2, 0.25) is 0 Å². The summed E-state index contributed by atoms with van der Waals surface area (Å²) in [6.45, 7) is 20.0. The summed E-state index contributed by atoms with van der Waals surface area (Å²) in [5.74, 6) is 1.07. The number of benzene rings is 5. The van der Waals surface area contributed by atoms with Gasteiger partial charge in [0.1, 0.15) is 17.9 Å². The summed E-state index contributed by atoms with van der Waals surface area (Å²) in [6.07, 6.45) is 3.52. The number of hydrogen-bond acceptors (Lipinski definition) is 4. The fourth-order valence-electron chi connectivity index (χ4n) is 6.68. The molecule has 0 aliphatic rings. The van der Waals surface area contributed by atoms with E-state index in [0.29, 0.717) is 0 Å². The molecule has 252 valence electrons. The Hall–Kier alpha value is -5.29. The first kappa shape index (κ1) is 33.2. The first-order valence-corrected chi connectivity index (χ1v) is 17.4. The summed E-state index contributed by atoms with van der Waals surface area (Å²) in [4.78, 5) is 14.5. The summed E-state index contributed by atoms with van der Waals surface area (Å²) in [6, 6.07) is 34.1. The van der Waals surface area contributed by atoms with E-state index in [-0.39, 0.29) is 22.0 Å². The number of para-hydroxylation sites is 1. The zero-order chi connectivity index (χ0) is 35.6. The third-order valence-corrected chi connectivity index (χ3v) is 9.73. The van der Waals surface area contributed by atoms with Crippen molar-refractivity contribution in [1.82, 2.24) is 19.5 Å². The van der Waals surface area contributed by atoms with E-state index >= 15 is 0 Å². The third kappa shape index (κ3) is 6.06. The van der Waals surface area contributed by atoms with Crippen molar-refractivity contribution in [1.29, 1.82) is 0 Å². The molecule has 50 heavy (non-hydrogen) atoms. The lowest BCUT2D eigenvalue weighted by atomic mass is 9.84. The maximum atomic E-state index is 11.2. The fourth-order valence-corrected chi connectivity index (χ4v) is 6.68. The van der Waals surface area contributed by atoms with Gasteiger partial charge in [-0.1, -0.05) is 111 Å². The van der Waals surface area contributed by atoms with Crippen LogP contribution in [0, 0.1) is 0 Å². The summed E-state index contributed by atoms with van der Waals surface area (Å²) in [7, 11) is 0. The van der Waals surface area contributed by atoms with Gasteiger partial charge in [-0.3, -0.25) is 4.57 Å². The standard InChI is InChI=1S/C45H46N4O/c1-43(2,3)31-16-19-34(20-17-31)49-38-15-11-14-35(37-24-32(44(4,5)6)18-21-39(37)50)41(38)48-42(49)29-13-10-12-28(22-29)36-25-33(45(7,8)9)23-30-26-46-27-47-40(30)36/h10-27,50H,1-9H3. The summed E-state index contributed by atoms with van der Waals surface area (Å²) in [5.41, 5.74) is 12.1. The van der Waals surface area contributed by atoms with Crippen molar-refractivity contribution in [2.75, 3.05) is 0 Å². The number of hydrogen-bond donors (Lipinski definition) is 1. The van der Waals surface area contributed by atoms with Crippen molar-refractivity contribution in [3.63, 3.8) is 0 Å². The number of nitrogens with zero attached hydrogens (tertiary/aromatic N) is 4. The summed E-state index contributed by atoms with van der Waals surface area (Å²) in [5, 5.41) is 12.2. The van der Waals surface area contributed by atoms with Gasteiger partial charge in [0.15, 0.2) is 0 Å². The lowest BCUT2D eigenvalue weighted by Crippen LogP contribution is -2.11. The van der Waals surface area contributed by atoms with E-state index < -0.39 is 0 Å². The second-order valence-electron chi connectivity index (χ2n) is 16.5. The SMILES string of the molecule is CC(C)(C)c1ccc(-n2c(-c3cccc(-c4cc(C(C)(C)C)cc5cncnc45)c3)nc3c(-c4cc(C(C)(C)C)ccc4O)cccc32)cc1. The van der Waals surface area contributed by atoms with Gasteiger partial charge < -0.3 is 5.11 Å². The Balaban J connectivity index is 1.49. The van der Waals surface area contributed by atoms with Crippen LogP contribution in [0.15, 0.2) is 110 Å². The third-order valence-electron chi connectivity index (χ3n) is 9.73. The molecule has 7 rings (SSSR count). The average Bonchev–Trinajstić information content (AvgIpc) is 3.47. The van der Waals surface area contributed by atoms with Gasteiger partial charge >= 0.3 is 0 Å². The van der Waals surface area contributed by atoms with Crippen LogP contribution in [-0.4, -0.2) is 24.6 Å². The highest BCUT2D eigenvalue weighted by atomic mass is 16.3. The van der Waals surface area contributed by atoms with E-state index in [1.165, 1.54) is 11.1 Å². The van der Waals surface area contributed by atoms with Crippen LogP contribution in [0.3, 0.4) is 0 Å². The lowest BCUT2D eigenvalue weighted by Gasteiger charge is -2.21. The second kappa shape index (κ2) is 11.9. The van der Waals surface area contributed by atoms with Crippen LogP contribution >= 0.6 is 0 Å². The van der Waals surface area contributed by atoms with Crippen LogP contribution < -0.4 is 0 Å². The molecule has 0 aliphatic heterocycles. The lowest BCUT2D eigenvalue weighted by molar-refractivity contribution is 0.476. The molecule has 0 spiro atoms. The Morgan fingerprint density at radius 3 is 1.90 bits per heavy atom. The summed E-state index contributed by atoms with van der Waals surface area (Å²) < 4.78 is 2.25. The number of phenols is 1. The van der Waals surface area contributed by atoms with Gasteiger partial charge in [-0.15, -0.1) is 0 Å². The molecule has 0 radical (unpaired) electrons. The molecular weight excluding hydrogens is 613 g/mol. The molecule has 1 N–H and O–H groups in total. The van der Waals surface area contributed by atoms with Crippen molar-refractivity contribution in [2.45, 2.75) is 78.6 Å². The molecule has 0 saturated carbocycles. The van der Waals surface area contributed by atoms with Gasteiger partial charge in [0.05, 0.1) is 16.6 Å². The van der Waals surface area contributed by atoms with Crippen molar-refractivity contribution in [3.8, 4) is 45.1 Å². The van der Waals surface area contributed by atoms with Gasteiger partial charge in [0.25, 0.3) is 0 Å². The second-order valence-corrected chi connectivity index (χ2v) is 16.5. The Morgan fingerprint density at radius 2 is 1.20 bits per heavy atom. The Kier molecular flexibility index (Phi) is 7.93. The Bertz CT molecular complexity index is 2380. The molecule has 5 heteroatoms. The zero-order valence-electron chi connectivity index (χ0n) is 30.6. The zero-order valence-corrected chi connectivity index (χ0v) is 30.6. The molecule has 2 aromatic heterocycles. The van der Waals surface area contributed by atoms with E-state index in [4.69, 9.17) is 9.97 Å². The Morgan fingerprint density at radius 1 is 0.560 bits per heavy atom. The van der Waals surface area contributed by atoms with E-state index in [9.17, 15) is 5.11 Å². The average molecular weight is 659 g/mol. The van der Waals surface area contributed by atoms with Crippen LogP contribution in [0.1, 0.15) is 79.0 Å². The number of imidazole rings is 1. The van der Waals surface area contributed by atoms with Crippen LogP contribution in [0.5, 0.6) is 5.75 Å². The molecule has 2 heterocycles. The minimum Gasteiger partial charge on any atom is -0.507 e. The molecule has 0 atom stereocenters. The van der Waals surface area contributed by atoms with Crippen LogP contribution in [-0.2, 0) is 16.2 Å². The minimum absolute atomic E-state index is 0.0311. The quantitative estimate of drug-likeness (QED) is 0.204. The van der Waals surface area contributed by atoms with E-state index in [1.54, 1.807) is 12.4 Å². The van der Waals surface area contributed by atoms with E-state index in [2.05, 4.69) is 157 Å². The first-order chi connectivity index (χ1) is 23.6. The van der Waals surface area contributed by atoms with E-state index in [1.807, 2.05) is 12.3 Å². The molecule has 0 bridgehead atoms. The maximum Gasteiger partial charge on any atom is 0.145 e. The number of fused-ring (bicyclic) bond motifs is 2. The molecule has 0 amide bonds. The van der Waals surface area contributed by atoms with Crippen LogP contribution in [0.4, 0.5) is 0 Å². The Labute approximate surface area is 295 Å². The van der Waals surface area contributed by atoms with Gasteiger partial charge in [-0.25, -0.2) is 15.0 Å². The topological polar surface area (TPSA) is 63.8 Å². The highest BCUT2D eigenvalue weighted by Gasteiger charge is 2.23. The molecule has 0 unspecified atom stereocenters. The van der Waals surface area contributed by atoms with Gasteiger partial charge in [-0.2, -0.15) is 0 Å². The van der Waals surface area contributed by atoms with Gasteiger partial charge in [0, 0.05) is 39.5 Å². The maximum absolute atomic E-state index is 11.2. The monoisotopic (exact) mass is 658 g/mol. The van der Waals surface area contributed by atoms with Crippen molar-refractivity contribution in [3.05, 3.63) is 126 Å². The molecule has 0 saturated heterocycles. The highest BCUT2D eigenvalue weighted by Crippen LogP contribution is 2.41. The molecule has 0 aliphatic carbocycles. The molecular formula is C45H46N4O. The van der Waals surface area contributed by atoms with Gasteiger partial charge in [-0.05, 0) is 87.0 Å². The van der Waals surface area contributed by atoms with Crippen LogP contribution in [0.2, 0.25) is 0 Å². The fraction of sp³-hybridized carbons (Fsp3) is 0.267. The molecule has 5 aromatic carbocycles. The largest absolute Gasteiger partial charge is 0.507 e. The molecule has 7 aromatic rings. The number of phenolic OH excluding ortho intramolecular Hbond substituents is 1. The van der Waals surface area contributed by atoms with E-state index in [0.717, 1.165) is 66.8 Å². The predicted octanol–water partition coefficient (Wildman–Crippen LogP) is 11.6. The normalized spacial score (nSPS) is 12.6. The molecule has 0 fully saturated rings. The predicted molar refractivity (Wildman–Crippen MR) is 208 cm³/mol. The van der Waals surface area contributed by atoms with Crippen molar-refractivity contribution in [2.24, 2.45) is 0 Å². The van der Waals surface area contributed by atoms with Crippen molar-refractivity contribution < 1.29 is 5.11 Å².